The molecule has 2 N–H and O–H groups in total. The number of hydrogen-bond donors (Lipinski definition) is 2. The summed E-state index contributed by atoms with van der Waals surface area (Å²) >= 11 is 0. The first-order valence-electron chi connectivity index (χ1n) is 9.40. The molecule has 4 heteroatoms. The molecule has 0 saturated carbocycles. The van der Waals surface area contributed by atoms with E-state index in [2.05, 4.69) is 10.6 Å². The molecule has 0 aliphatic heterocycles. The smallest absolute Gasteiger partial charge is 0.255 e. The molecule has 0 radical (unpaired) electrons. The number of hydrogen-bond acceptors (Lipinski definition) is 2. The molecule has 0 aliphatic rings. The van der Waals surface area contributed by atoms with Crippen molar-refractivity contribution in [3.63, 3.8) is 0 Å². The van der Waals surface area contributed by atoms with Gasteiger partial charge >= 0.3 is 0 Å². The lowest BCUT2D eigenvalue weighted by Crippen LogP contribution is -2.21. The molecule has 0 spiro atoms. The Bertz CT molecular complexity index is 967. The number of anilines is 2. The van der Waals surface area contributed by atoms with E-state index in [9.17, 15) is 9.59 Å². The summed E-state index contributed by atoms with van der Waals surface area (Å²) in [7, 11) is 0. The molecule has 0 heterocycles. The van der Waals surface area contributed by atoms with Crippen LogP contribution in [-0.4, -0.2) is 11.8 Å². The van der Waals surface area contributed by atoms with Crippen molar-refractivity contribution < 1.29 is 9.59 Å². The quantitative estimate of drug-likeness (QED) is 0.610. The van der Waals surface area contributed by atoms with Gasteiger partial charge in [-0.1, -0.05) is 55.5 Å². The van der Waals surface area contributed by atoms with E-state index in [0.717, 1.165) is 16.8 Å². The van der Waals surface area contributed by atoms with Crippen LogP contribution in [0.1, 0.15) is 40.7 Å². The van der Waals surface area contributed by atoms with Gasteiger partial charge in [-0.05, 0) is 54.8 Å². The molecule has 1 atom stereocenters. The molecule has 2 amide bonds. The van der Waals surface area contributed by atoms with Crippen LogP contribution in [0.3, 0.4) is 0 Å². The zero-order valence-electron chi connectivity index (χ0n) is 16.1. The Kier molecular flexibility index (Phi) is 6.22. The van der Waals surface area contributed by atoms with Crippen LogP contribution in [0, 0.1) is 6.92 Å². The van der Waals surface area contributed by atoms with E-state index >= 15 is 0 Å². The number of carbonyl (C=O) groups is 2. The van der Waals surface area contributed by atoms with Gasteiger partial charge in [-0.2, -0.15) is 0 Å². The molecule has 3 aromatic rings. The van der Waals surface area contributed by atoms with Crippen LogP contribution in [0.25, 0.3) is 0 Å². The predicted molar refractivity (Wildman–Crippen MR) is 114 cm³/mol. The number of aryl methyl sites for hydroxylation is 1. The fourth-order valence-electron chi connectivity index (χ4n) is 3.15. The fraction of sp³-hybridized carbons (Fsp3) is 0.167. The third-order valence-electron chi connectivity index (χ3n) is 4.59. The lowest BCUT2D eigenvalue weighted by atomic mass is 9.95. The molecule has 0 aliphatic carbocycles. The normalized spacial score (nSPS) is 11.5. The summed E-state index contributed by atoms with van der Waals surface area (Å²) in [6.07, 6.45) is 0.698. The van der Waals surface area contributed by atoms with Gasteiger partial charge in [-0.3, -0.25) is 9.59 Å². The van der Waals surface area contributed by atoms with Crippen LogP contribution < -0.4 is 10.6 Å². The Hall–Kier alpha value is -3.40. The Labute approximate surface area is 165 Å². The van der Waals surface area contributed by atoms with Crippen molar-refractivity contribution in [1.29, 1.82) is 0 Å². The third kappa shape index (κ3) is 4.86. The van der Waals surface area contributed by atoms with Gasteiger partial charge in [0.2, 0.25) is 5.91 Å². The van der Waals surface area contributed by atoms with Crippen LogP contribution in [0.5, 0.6) is 0 Å². The van der Waals surface area contributed by atoms with Crippen molar-refractivity contribution in [3.8, 4) is 0 Å². The van der Waals surface area contributed by atoms with Crippen molar-refractivity contribution >= 4 is 23.2 Å². The van der Waals surface area contributed by atoms with Gasteiger partial charge in [0, 0.05) is 16.9 Å². The minimum absolute atomic E-state index is 0.0788. The molecule has 0 bridgehead atoms. The SMILES string of the molecule is CC[C@H](C(=O)Nc1cccc(C(=O)Nc2cccc(C)c2)c1)c1ccccc1. The van der Waals surface area contributed by atoms with Crippen LogP contribution in [-0.2, 0) is 4.79 Å². The molecule has 3 rings (SSSR count). The molecule has 142 valence electrons. The van der Waals surface area contributed by atoms with Crippen LogP contribution in [0.2, 0.25) is 0 Å². The minimum atomic E-state index is -0.231. The van der Waals surface area contributed by atoms with Gasteiger partial charge in [0.25, 0.3) is 5.91 Å². The predicted octanol–water partition coefficient (Wildman–Crippen LogP) is 5.38. The second-order valence-corrected chi connectivity index (χ2v) is 6.77. The van der Waals surface area contributed by atoms with Crippen LogP contribution in [0.15, 0.2) is 78.9 Å². The highest BCUT2D eigenvalue weighted by atomic mass is 16.2. The van der Waals surface area contributed by atoms with Crippen molar-refractivity contribution in [2.24, 2.45) is 0 Å². The van der Waals surface area contributed by atoms with Crippen molar-refractivity contribution in [3.05, 3.63) is 95.6 Å². The first-order valence-corrected chi connectivity index (χ1v) is 9.40. The van der Waals surface area contributed by atoms with Gasteiger partial charge < -0.3 is 10.6 Å². The maximum absolute atomic E-state index is 12.7. The lowest BCUT2D eigenvalue weighted by molar-refractivity contribution is -0.117. The van der Waals surface area contributed by atoms with Crippen molar-refractivity contribution in [2.75, 3.05) is 10.6 Å². The van der Waals surface area contributed by atoms with E-state index in [1.807, 2.05) is 68.4 Å². The van der Waals surface area contributed by atoms with E-state index in [-0.39, 0.29) is 17.7 Å². The number of rotatable bonds is 6. The van der Waals surface area contributed by atoms with Crippen molar-refractivity contribution in [2.45, 2.75) is 26.2 Å². The van der Waals surface area contributed by atoms with Crippen LogP contribution >= 0.6 is 0 Å². The Morgan fingerprint density at radius 2 is 1.50 bits per heavy atom. The summed E-state index contributed by atoms with van der Waals surface area (Å²) in [6.45, 7) is 3.96. The second kappa shape index (κ2) is 9.00. The van der Waals surface area contributed by atoms with E-state index in [4.69, 9.17) is 0 Å². The van der Waals surface area contributed by atoms with Gasteiger partial charge in [0.1, 0.15) is 0 Å². The highest BCUT2D eigenvalue weighted by molar-refractivity contribution is 6.05. The molecule has 0 fully saturated rings. The highest BCUT2D eigenvalue weighted by Crippen LogP contribution is 2.22. The number of carbonyl (C=O) groups excluding carboxylic acids is 2. The van der Waals surface area contributed by atoms with Gasteiger partial charge in [-0.25, -0.2) is 0 Å². The highest BCUT2D eigenvalue weighted by Gasteiger charge is 2.19. The Morgan fingerprint density at radius 1 is 0.821 bits per heavy atom. The molecule has 28 heavy (non-hydrogen) atoms. The zero-order valence-corrected chi connectivity index (χ0v) is 16.1. The average molecular weight is 372 g/mol. The molecule has 3 aromatic carbocycles. The van der Waals surface area contributed by atoms with Crippen LogP contribution in [0.4, 0.5) is 11.4 Å². The monoisotopic (exact) mass is 372 g/mol. The number of benzene rings is 3. The van der Waals surface area contributed by atoms with E-state index < -0.39 is 0 Å². The standard InChI is InChI=1S/C24H24N2O2/c1-3-22(18-10-5-4-6-11-18)24(28)26-21-14-8-12-19(16-21)23(27)25-20-13-7-9-17(2)15-20/h4-16,22H,3H2,1-2H3,(H,25,27)(H,26,28)/t22-/m0/s1. The number of amides is 2. The largest absolute Gasteiger partial charge is 0.326 e. The number of nitrogens with one attached hydrogen (secondary N) is 2. The summed E-state index contributed by atoms with van der Waals surface area (Å²) < 4.78 is 0. The van der Waals surface area contributed by atoms with Gasteiger partial charge in [0.05, 0.1) is 5.92 Å². The maximum atomic E-state index is 12.7. The first-order chi connectivity index (χ1) is 13.6. The maximum Gasteiger partial charge on any atom is 0.255 e. The topological polar surface area (TPSA) is 58.2 Å². The summed E-state index contributed by atoms with van der Waals surface area (Å²) in [6, 6.07) is 24.3. The van der Waals surface area contributed by atoms with Gasteiger partial charge in [0.15, 0.2) is 0 Å². The Morgan fingerprint density at radius 3 is 2.18 bits per heavy atom. The third-order valence-corrected chi connectivity index (χ3v) is 4.59. The molecular weight excluding hydrogens is 348 g/mol. The summed E-state index contributed by atoms with van der Waals surface area (Å²) in [5.41, 5.74) is 3.90. The van der Waals surface area contributed by atoms with E-state index in [1.165, 1.54) is 0 Å². The molecule has 0 saturated heterocycles. The summed E-state index contributed by atoms with van der Waals surface area (Å²) in [4.78, 5) is 25.3. The molecular formula is C24H24N2O2. The fourth-order valence-corrected chi connectivity index (χ4v) is 3.15. The average Bonchev–Trinajstić information content (AvgIpc) is 2.69. The van der Waals surface area contributed by atoms with E-state index in [1.54, 1.807) is 24.3 Å². The molecule has 0 unspecified atom stereocenters. The molecule has 4 nitrogen and oxygen atoms in total. The Balaban J connectivity index is 1.72. The lowest BCUT2D eigenvalue weighted by Gasteiger charge is -2.16. The zero-order chi connectivity index (χ0) is 19.9. The van der Waals surface area contributed by atoms with E-state index in [0.29, 0.717) is 17.7 Å². The van der Waals surface area contributed by atoms with Gasteiger partial charge in [-0.15, -0.1) is 0 Å². The molecule has 0 aromatic heterocycles. The summed E-state index contributed by atoms with van der Waals surface area (Å²) in [5, 5.41) is 5.83. The van der Waals surface area contributed by atoms with Crippen molar-refractivity contribution in [1.82, 2.24) is 0 Å². The first kappa shape index (κ1) is 19.4. The second-order valence-electron chi connectivity index (χ2n) is 6.77. The minimum Gasteiger partial charge on any atom is -0.326 e. The summed E-state index contributed by atoms with van der Waals surface area (Å²) in [5.74, 6) is -0.521.